The van der Waals surface area contributed by atoms with Gasteiger partial charge in [-0.05, 0) is 34.7 Å². The van der Waals surface area contributed by atoms with Crippen LogP contribution in [0.1, 0.15) is 58.7 Å². The van der Waals surface area contributed by atoms with Gasteiger partial charge in [-0.15, -0.1) is 0 Å². The van der Waals surface area contributed by atoms with E-state index >= 15 is 0 Å². The van der Waals surface area contributed by atoms with Crippen LogP contribution in [0.5, 0.6) is 0 Å². The Balaban J connectivity index is 2.14. The Labute approximate surface area is 172 Å². The highest BCUT2D eigenvalue weighted by atomic mass is 16.3. The van der Waals surface area contributed by atoms with Crippen LogP contribution < -0.4 is 4.90 Å². The Morgan fingerprint density at radius 2 is 1.66 bits per heavy atom. The van der Waals surface area contributed by atoms with Crippen LogP contribution in [0.3, 0.4) is 0 Å². The normalized spacial score (nSPS) is 17.8. The van der Waals surface area contributed by atoms with Gasteiger partial charge >= 0.3 is 0 Å². The summed E-state index contributed by atoms with van der Waals surface area (Å²) in [4.78, 5) is 31.9. The van der Waals surface area contributed by atoms with Crippen LogP contribution >= 0.6 is 0 Å². The number of anilines is 1. The Kier molecular flexibility index (Phi) is 5.11. The molecular formula is C24H28N2O3. The molecule has 1 aliphatic rings. The van der Waals surface area contributed by atoms with E-state index < -0.39 is 23.1 Å². The monoisotopic (exact) mass is 392 g/mol. The summed E-state index contributed by atoms with van der Waals surface area (Å²) in [6.45, 7) is 11.7. The first-order valence-electron chi connectivity index (χ1n) is 9.75. The van der Waals surface area contributed by atoms with Crippen LogP contribution in [0, 0.1) is 5.41 Å². The molecule has 152 valence electrons. The lowest BCUT2D eigenvalue weighted by Gasteiger charge is -2.29. The summed E-state index contributed by atoms with van der Waals surface area (Å²) in [5, 5.41) is 10.7. The minimum atomic E-state index is -0.740. The Hall–Kier alpha value is -2.95. The Morgan fingerprint density at radius 3 is 2.14 bits per heavy atom. The number of aliphatic hydroxyl groups is 1. The van der Waals surface area contributed by atoms with Crippen LogP contribution in [0.15, 0.2) is 60.1 Å². The van der Waals surface area contributed by atoms with E-state index in [0.29, 0.717) is 11.3 Å². The molecule has 1 aliphatic heterocycles. The van der Waals surface area contributed by atoms with Gasteiger partial charge in [0.1, 0.15) is 0 Å². The fourth-order valence-electron chi connectivity index (χ4n) is 3.48. The second-order valence-corrected chi connectivity index (χ2v) is 9.50. The Morgan fingerprint density at radius 1 is 1.03 bits per heavy atom. The smallest absolute Gasteiger partial charge is 0.294 e. The summed E-state index contributed by atoms with van der Waals surface area (Å²) in [5.74, 6) is -1.32. The number of aromatic nitrogens is 1. The van der Waals surface area contributed by atoms with Crippen molar-refractivity contribution in [2.75, 3.05) is 4.90 Å². The molecule has 0 fully saturated rings. The molecule has 0 aliphatic carbocycles. The molecule has 5 nitrogen and oxygen atoms in total. The zero-order valence-corrected chi connectivity index (χ0v) is 17.9. The van der Waals surface area contributed by atoms with Gasteiger partial charge < -0.3 is 5.11 Å². The van der Waals surface area contributed by atoms with Gasteiger partial charge in [-0.3, -0.25) is 19.5 Å². The van der Waals surface area contributed by atoms with Crippen LogP contribution in [-0.4, -0.2) is 21.8 Å². The highest BCUT2D eigenvalue weighted by Crippen LogP contribution is 2.43. The number of carbonyl (C=O) groups is 2. The number of rotatable bonds is 3. The van der Waals surface area contributed by atoms with Crippen molar-refractivity contribution < 1.29 is 14.7 Å². The number of hydrogen-bond donors (Lipinski definition) is 1. The lowest BCUT2D eigenvalue weighted by molar-refractivity contribution is -0.123. The molecule has 2 aromatic rings. The topological polar surface area (TPSA) is 70.5 Å². The van der Waals surface area contributed by atoms with E-state index in [4.69, 9.17) is 0 Å². The van der Waals surface area contributed by atoms with Crippen molar-refractivity contribution in [2.24, 2.45) is 5.41 Å². The van der Waals surface area contributed by atoms with Crippen molar-refractivity contribution in [3.05, 3.63) is 71.3 Å². The number of aliphatic hydroxyl groups excluding tert-OH is 1. The van der Waals surface area contributed by atoms with E-state index in [0.717, 1.165) is 5.56 Å². The third kappa shape index (κ3) is 3.82. The first-order valence-corrected chi connectivity index (χ1v) is 9.75. The van der Waals surface area contributed by atoms with E-state index in [2.05, 4.69) is 25.8 Å². The number of benzene rings is 1. The van der Waals surface area contributed by atoms with Crippen molar-refractivity contribution >= 4 is 17.4 Å². The fourth-order valence-corrected chi connectivity index (χ4v) is 3.48. The molecule has 0 spiro atoms. The molecule has 29 heavy (non-hydrogen) atoms. The first-order chi connectivity index (χ1) is 13.4. The summed E-state index contributed by atoms with van der Waals surface area (Å²) in [6.07, 6.45) is 3.26. The summed E-state index contributed by atoms with van der Waals surface area (Å²) < 4.78 is 0. The molecule has 0 saturated carbocycles. The van der Waals surface area contributed by atoms with Gasteiger partial charge in [-0.2, -0.15) is 0 Å². The van der Waals surface area contributed by atoms with Gasteiger partial charge in [-0.25, -0.2) is 0 Å². The molecule has 1 aromatic carbocycles. The molecule has 1 unspecified atom stereocenters. The SMILES string of the molecule is CC(C)(C)C(=O)C1=C(O)C(=O)N(c2ccc(C(C)(C)C)cc2)C1c1cccnc1. The summed E-state index contributed by atoms with van der Waals surface area (Å²) in [6, 6.07) is 10.5. The number of carbonyl (C=O) groups excluding carboxylic acids is 2. The van der Waals surface area contributed by atoms with E-state index in [1.807, 2.05) is 30.3 Å². The van der Waals surface area contributed by atoms with Crippen LogP contribution in [0.25, 0.3) is 0 Å². The first kappa shape index (κ1) is 20.8. The molecule has 1 aromatic heterocycles. The van der Waals surface area contributed by atoms with E-state index in [1.54, 1.807) is 39.2 Å². The van der Waals surface area contributed by atoms with Gasteiger partial charge in [0.2, 0.25) is 0 Å². The molecule has 1 N–H and O–H groups in total. The highest BCUT2D eigenvalue weighted by Gasteiger charge is 2.46. The third-order valence-electron chi connectivity index (χ3n) is 5.15. The summed E-state index contributed by atoms with van der Waals surface area (Å²) in [7, 11) is 0. The van der Waals surface area contributed by atoms with Crippen molar-refractivity contribution in [1.29, 1.82) is 0 Å². The molecule has 1 atom stereocenters. The number of nitrogens with zero attached hydrogens (tertiary/aromatic N) is 2. The second-order valence-electron chi connectivity index (χ2n) is 9.50. The number of ketones is 1. The van der Waals surface area contributed by atoms with Crippen LogP contribution in [0.2, 0.25) is 0 Å². The maximum Gasteiger partial charge on any atom is 0.294 e. The minimum Gasteiger partial charge on any atom is -0.503 e. The second kappa shape index (κ2) is 7.14. The predicted octanol–water partition coefficient (Wildman–Crippen LogP) is 4.89. The van der Waals surface area contributed by atoms with Gasteiger partial charge in [0.05, 0.1) is 11.6 Å². The molecule has 2 heterocycles. The molecule has 1 amide bonds. The van der Waals surface area contributed by atoms with Crippen molar-refractivity contribution in [1.82, 2.24) is 4.98 Å². The maximum atomic E-state index is 13.2. The zero-order chi connectivity index (χ0) is 21.6. The number of amides is 1. The predicted molar refractivity (Wildman–Crippen MR) is 114 cm³/mol. The third-order valence-corrected chi connectivity index (χ3v) is 5.15. The number of hydrogen-bond acceptors (Lipinski definition) is 4. The molecule has 0 bridgehead atoms. The molecule has 5 heteroatoms. The van der Waals surface area contributed by atoms with Gasteiger partial charge in [0, 0.05) is 23.5 Å². The van der Waals surface area contributed by atoms with Crippen LogP contribution in [0.4, 0.5) is 5.69 Å². The Bertz CT molecular complexity index is 962. The average molecular weight is 392 g/mol. The lowest BCUT2D eigenvalue weighted by atomic mass is 9.82. The molecule has 0 radical (unpaired) electrons. The van der Waals surface area contributed by atoms with Gasteiger partial charge in [-0.1, -0.05) is 59.7 Å². The quantitative estimate of drug-likeness (QED) is 0.807. The maximum absolute atomic E-state index is 13.2. The fraction of sp³-hybridized carbons (Fsp3) is 0.375. The van der Waals surface area contributed by atoms with Crippen molar-refractivity contribution in [2.45, 2.75) is 53.0 Å². The van der Waals surface area contributed by atoms with Gasteiger partial charge in [0.15, 0.2) is 11.5 Å². The standard InChI is InChI=1S/C24H28N2O3/c1-23(2,3)16-9-11-17(12-10-16)26-19(15-8-7-13-25-14-15)18(20(27)22(26)29)21(28)24(4,5)6/h7-14,19,27H,1-6H3. The molecular weight excluding hydrogens is 364 g/mol. The lowest BCUT2D eigenvalue weighted by Crippen LogP contribution is -2.33. The van der Waals surface area contributed by atoms with Crippen molar-refractivity contribution in [3.63, 3.8) is 0 Å². The summed E-state index contributed by atoms with van der Waals surface area (Å²) in [5.41, 5.74) is 1.79. The number of pyridine rings is 1. The van der Waals surface area contributed by atoms with E-state index in [-0.39, 0.29) is 16.8 Å². The molecule has 0 saturated heterocycles. The highest BCUT2D eigenvalue weighted by molar-refractivity contribution is 6.17. The minimum absolute atomic E-state index is 0.0238. The zero-order valence-electron chi connectivity index (χ0n) is 17.9. The van der Waals surface area contributed by atoms with E-state index in [1.165, 1.54) is 4.90 Å². The van der Waals surface area contributed by atoms with Crippen molar-refractivity contribution in [3.8, 4) is 0 Å². The number of Topliss-reactive ketones (excluding diaryl/α,β-unsaturated/α-hetero) is 1. The summed E-state index contributed by atoms with van der Waals surface area (Å²) >= 11 is 0. The van der Waals surface area contributed by atoms with Gasteiger partial charge in [0.25, 0.3) is 5.91 Å². The van der Waals surface area contributed by atoms with E-state index in [9.17, 15) is 14.7 Å². The molecule has 3 rings (SSSR count). The van der Waals surface area contributed by atoms with Crippen LogP contribution in [-0.2, 0) is 15.0 Å². The average Bonchev–Trinajstić information content (AvgIpc) is 2.91. The largest absolute Gasteiger partial charge is 0.503 e.